The normalized spacial score (nSPS) is 10.4. The molecule has 0 spiro atoms. The van der Waals surface area contributed by atoms with Crippen LogP contribution in [-0.4, -0.2) is 13.7 Å². The Morgan fingerprint density at radius 3 is 2.47 bits per heavy atom. The monoisotopic (exact) mass is 256 g/mol. The Bertz CT molecular complexity index is 505. The number of quaternary nitrogens is 1. The lowest BCUT2D eigenvalue weighted by Crippen LogP contribution is -2.83. The van der Waals surface area contributed by atoms with Crippen LogP contribution in [0.25, 0.3) is 0 Å². The van der Waals surface area contributed by atoms with Gasteiger partial charge in [0.15, 0.2) is 0 Å². The van der Waals surface area contributed by atoms with Crippen molar-refractivity contribution in [2.75, 3.05) is 13.7 Å². The van der Waals surface area contributed by atoms with Gasteiger partial charge in [-0.2, -0.15) is 0 Å². The van der Waals surface area contributed by atoms with E-state index in [0.29, 0.717) is 0 Å². The summed E-state index contributed by atoms with van der Waals surface area (Å²) in [7, 11) is 1.73. The van der Waals surface area contributed by atoms with Crippen LogP contribution in [0.5, 0.6) is 5.75 Å². The Labute approximate surface area is 115 Å². The highest BCUT2D eigenvalue weighted by molar-refractivity contribution is 5.33. The first-order chi connectivity index (χ1) is 9.29. The van der Waals surface area contributed by atoms with E-state index in [-0.39, 0.29) is 0 Å². The van der Waals surface area contributed by atoms with Crippen LogP contribution >= 0.6 is 0 Å². The van der Waals surface area contributed by atoms with Crippen molar-refractivity contribution in [1.82, 2.24) is 0 Å². The van der Waals surface area contributed by atoms with Gasteiger partial charge >= 0.3 is 0 Å². The summed E-state index contributed by atoms with van der Waals surface area (Å²) in [6, 6.07) is 17.0. The van der Waals surface area contributed by atoms with E-state index in [9.17, 15) is 0 Å². The fourth-order valence-electron chi connectivity index (χ4n) is 2.16. The van der Waals surface area contributed by atoms with E-state index in [2.05, 4.69) is 48.6 Å². The van der Waals surface area contributed by atoms with E-state index in [1.54, 1.807) is 7.11 Å². The summed E-state index contributed by atoms with van der Waals surface area (Å²) >= 11 is 0. The quantitative estimate of drug-likeness (QED) is 0.789. The third-order valence-corrected chi connectivity index (χ3v) is 3.31. The second kappa shape index (κ2) is 6.95. The maximum Gasteiger partial charge on any atom is 0.122 e. The minimum atomic E-state index is 0.992. The van der Waals surface area contributed by atoms with Crippen LogP contribution in [-0.2, 0) is 13.0 Å². The molecule has 0 aliphatic heterocycles. The summed E-state index contributed by atoms with van der Waals surface area (Å²) in [5.74, 6) is 0.992. The van der Waals surface area contributed by atoms with E-state index >= 15 is 0 Å². The van der Waals surface area contributed by atoms with Crippen LogP contribution < -0.4 is 10.1 Å². The fourth-order valence-corrected chi connectivity index (χ4v) is 2.16. The van der Waals surface area contributed by atoms with Gasteiger partial charge in [0.2, 0.25) is 0 Å². The molecule has 0 aliphatic rings. The van der Waals surface area contributed by atoms with Gasteiger partial charge in [0.05, 0.1) is 13.7 Å². The van der Waals surface area contributed by atoms with Crippen molar-refractivity contribution in [2.45, 2.75) is 19.9 Å². The first-order valence-corrected chi connectivity index (χ1v) is 6.78. The first kappa shape index (κ1) is 13.6. The summed E-state index contributed by atoms with van der Waals surface area (Å²) in [6.07, 6.45) is 1.04. The van der Waals surface area contributed by atoms with Gasteiger partial charge in [-0.15, -0.1) is 0 Å². The highest BCUT2D eigenvalue weighted by atomic mass is 16.5. The van der Waals surface area contributed by atoms with Gasteiger partial charge in [0.1, 0.15) is 12.3 Å². The lowest BCUT2D eigenvalue weighted by molar-refractivity contribution is -0.670. The second-order valence-electron chi connectivity index (χ2n) is 4.83. The molecule has 0 atom stereocenters. The van der Waals surface area contributed by atoms with E-state index in [4.69, 9.17) is 4.74 Å². The van der Waals surface area contributed by atoms with E-state index < -0.39 is 0 Å². The number of aryl methyl sites for hydroxylation is 1. The molecule has 100 valence electrons. The van der Waals surface area contributed by atoms with Crippen molar-refractivity contribution in [3.05, 3.63) is 65.2 Å². The number of nitrogens with two attached hydrogens (primary N) is 1. The molecule has 0 heterocycles. The van der Waals surface area contributed by atoms with Crippen molar-refractivity contribution < 1.29 is 10.1 Å². The van der Waals surface area contributed by atoms with Crippen LogP contribution in [0.3, 0.4) is 0 Å². The number of hydrogen-bond donors (Lipinski definition) is 1. The Hall–Kier alpha value is -1.80. The van der Waals surface area contributed by atoms with Gasteiger partial charge < -0.3 is 10.1 Å². The first-order valence-electron chi connectivity index (χ1n) is 6.78. The van der Waals surface area contributed by atoms with Gasteiger partial charge in [-0.1, -0.05) is 48.0 Å². The Morgan fingerprint density at radius 1 is 1.00 bits per heavy atom. The molecule has 2 aromatic rings. The van der Waals surface area contributed by atoms with Gasteiger partial charge in [-0.25, -0.2) is 0 Å². The van der Waals surface area contributed by atoms with Crippen molar-refractivity contribution in [3.8, 4) is 5.75 Å². The zero-order valence-electron chi connectivity index (χ0n) is 11.7. The van der Waals surface area contributed by atoms with Gasteiger partial charge in [0, 0.05) is 12.0 Å². The van der Waals surface area contributed by atoms with Crippen molar-refractivity contribution in [2.24, 2.45) is 0 Å². The summed E-state index contributed by atoms with van der Waals surface area (Å²) in [5.41, 5.74) is 3.98. The minimum Gasteiger partial charge on any atom is -0.496 e. The van der Waals surface area contributed by atoms with E-state index in [0.717, 1.165) is 25.3 Å². The summed E-state index contributed by atoms with van der Waals surface area (Å²) in [4.78, 5) is 0. The summed E-state index contributed by atoms with van der Waals surface area (Å²) < 4.78 is 5.36. The predicted molar refractivity (Wildman–Crippen MR) is 78.4 cm³/mol. The van der Waals surface area contributed by atoms with Crippen molar-refractivity contribution in [3.63, 3.8) is 0 Å². The molecule has 0 saturated carbocycles. The molecular weight excluding hydrogens is 234 g/mol. The highest BCUT2D eigenvalue weighted by Gasteiger charge is 2.02. The second-order valence-corrected chi connectivity index (χ2v) is 4.83. The van der Waals surface area contributed by atoms with Crippen molar-refractivity contribution >= 4 is 0 Å². The van der Waals surface area contributed by atoms with Gasteiger partial charge in [0.25, 0.3) is 0 Å². The summed E-state index contributed by atoms with van der Waals surface area (Å²) in [5, 5.41) is 2.34. The lowest BCUT2D eigenvalue weighted by atomic mass is 10.1. The van der Waals surface area contributed by atoms with Crippen LogP contribution in [0.4, 0.5) is 0 Å². The number of benzene rings is 2. The molecule has 19 heavy (non-hydrogen) atoms. The molecule has 2 heteroatoms. The number of para-hydroxylation sites is 1. The standard InChI is InChI=1S/C17H21NO/c1-14-7-9-15(10-8-14)13-18-12-11-16-5-3-4-6-17(16)19-2/h3-10,18H,11-13H2,1-2H3/p+1. The number of hydrogen-bond acceptors (Lipinski definition) is 1. The lowest BCUT2D eigenvalue weighted by Gasteiger charge is -2.07. The third kappa shape index (κ3) is 4.11. The zero-order chi connectivity index (χ0) is 13.5. The fraction of sp³-hybridized carbons (Fsp3) is 0.294. The Morgan fingerprint density at radius 2 is 1.74 bits per heavy atom. The molecule has 0 unspecified atom stereocenters. The van der Waals surface area contributed by atoms with Crippen molar-refractivity contribution in [1.29, 1.82) is 0 Å². The molecule has 0 saturated heterocycles. The van der Waals surface area contributed by atoms with Crippen LogP contribution in [0.15, 0.2) is 48.5 Å². The topological polar surface area (TPSA) is 25.8 Å². The van der Waals surface area contributed by atoms with Gasteiger partial charge in [-0.3, -0.25) is 0 Å². The molecule has 2 nitrogen and oxygen atoms in total. The largest absolute Gasteiger partial charge is 0.496 e. The molecule has 2 aromatic carbocycles. The maximum atomic E-state index is 5.36. The molecule has 0 amide bonds. The molecule has 2 rings (SSSR count). The molecule has 0 bridgehead atoms. The third-order valence-electron chi connectivity index (χ3n) is 3.31. The van der Waals surface area contributed by atoms with Crippen LogP contribution in [0, 0.1) is 6.92 Å². The minimum absolute atomic E-state index is 0.992. The number of methoxy groups -OCH3 is 1. The predicted octanol–water partition coefficient (Wildman–Crippen LogP) is 2.31. The average Bonchev–Trinajstić information content (AvgIpc) is 2.46. The van der Waals surface area contributed by atoms with Crippen LogP contribution in [0.1, 0.15) is 16.7 Å². The molecule has 2 N–H and O–H groups in total. The summed E-state index contributed by atoms with van der Waals surface area (Å²) in [6.45, 7) is 4.23. The Kier molecular flexibility index (Phi) is 4.99. The molecule has 0 fully saturated rings. The molecular formula is C17H22NO+. The highest BCUT2D eigenvalue weighted by Crippen LogP contribution is 2.16. The van der Waals surface area contributed by atoms with Crippen LogP contribution in [0.2, 0.25) is 0 Å². The van der Waals surface area contributed by atoms with E-state index in [1.165, 1.54) is 16.7 Å². The smallest absolute Gasteiger partial charge is 0.122 e. The number of ether oxygens (including phenoxy) is 1. The molecule has 0 aromatic heterocycles. The van der Waals surface area contributed by atoms with E-state index in [1.807, 2.05) is 12.1 Å². The Balaban J connectivity index is 1.79. The zero-order valence-corrected chi connectivity index (χ0v) is 11.7. The van der Waals surface area contributed by atoms with Gasteiger partial charge in [-0.05, 0) is 18.6 Å². The number of rotatable bonds is 6. The molecule has 0 aliphatic carbocycles. The SMILES string of the molecule is COc1ccccc1CC[NH2+]Cc1ccc(C)cc1. The maximum absolute atomic E-state index is 5.36. The average molecular weight is 256 g/mol. The molecule has 0 radical (unpaired) electrons.